The number of nitrogens with zero attached hydrogens (tertiary/aromatic N) is 3. The van der Waals surface area contributed by atoms with Crippen molar-refractivity contribution in [1.82, 2.24) is 14.0 Å². The van der Waals surface area contributed by atoms with Gasteiger partial charge < -0.3 is 9.67 Å². The summed E-state index contributed by atoms with van der Waals surface area (Å²) in [5.41, 5.74) is 1.35. The van der Waals surface area contributed by atoms with Gasteiger partial charge in [0.1, 0.15) is 0 Å². The highest BCUT2D eigenvalue weighted by molar-refractivity contribution is 5.87. The molecule has 1 N–H and O–H groups in total. The third kappa shape index (κ3) is 2.08. The molecule has 2 aromatic heterocycles. The maximum Gasteiger partial charge on any atom is 0.356 e. The fourth-order valence-electron chi connectivity index (χ4n) is 2.48. The Morgan fingerprint density at radius 2 is 2.00 bits per heavy atom. The topological polar surface area (TPSA) is 76.6 Å². The summed E-state index contributed by atoms with van der Waals surface area (Å²) in [6, 6.07) is 7.45. The van der Waals surface area contributed by atoms with E-state index in [0.29, 0.717) is 6.54 Å². The second kappa shape index (κ2) is 5.05. The molecule has 0 bridgehead atoms. The van der Waals surface area contributed by atoms with E-state index >= 15 is 0 Å². The number of carboxylic acid groups (broad SMARTS) is 1. The molecule has 3 rings (SSSR count). The van der Waals surface area contributed by atoms with E-state index in [4.69, 9.17) is 5.11 Å². The molecule has 6 heteroatoms. The Balaban J connectivity index is 2.41. The fourth-order valence-corrected chi connectivity index (χ4v) is 2.48. The van der Waals surface area contributed by atoms with Gasteiger partial charge in [-0.3, -0.25) is 9.20 Å². The minimum absolute atomic E-state index is 0.120. The van der Waals surface area contributed by atoms with Crippen molar-refractivity contribution in [3.63, 3.8) is 0 Å². The second-order valence-corrected chi connectivity index (χ2v) is 4.92. The number of hydrogen-bond donors (Lipinski definition) is 1. The van der Waals surface area contributed by atoms with Crippen LogP contribution in [0.4, 0.5) is 0 Å². The van der Waals surface area contributed by atoms with Crippen molar-refractivity contribution < 1.29 is 9.90 Å². The molecule has 21 heavy (non-hydrogen) atoms. The van der Waals surface area contributed by atoms with Gasteiger partial charge in [-0.25, -0.2) is 9.78 Å². The van der Waals surface area contributed by atoms with Crippen LogP contribution in [0.2, 0.25) is 0 Å². The molecule has 0 aliphatic rings. The summed E-state index contributed by atoms with van der Waals surface area (Å²) in [6.07, 6.45) is 3.25. The van der Waals surface area contributed by atoms with Crippen molar-refractivity contribution in [2.24, 2.45) is 0 Å². The largest absolute Gasteiger partial charge is 0.476 e. The predicted octanol–water partition coefficient (Wildman–Crippen LogP) is 2.15. The summed E-state index contributed by atoms with van der Waals surface area (Å²) in [5, 5.41) is 9.07. The van der Waals surface area contributed by atoms with E-state index in [0.717, 1.165) is 23.9 Å². The van der Waals surface area contributed by atoms with E-state index in [-0.39, 0.29) is 16.9 Å². The lowest BCUT2D eigenvalue weighted by Crippen LogP contribution is -2.23. The Morgan fingerprint density at radius 1 is 1.29 bits per heavy atom. The average Bonchev–Trinajstić information content (AvgIpc) is 2.93. The Labute approximate surface area is 120 Å². The standard InChI is InChI=1S/C15H15N3O3/c1-2-3-8-17-11-6-4-5-7-12(11)18-9-10(15(20)21)16-13(18)14(17)19/h4-7,9H,2-3,8H2,1H3,(H,20,21). The van der Waals surface area contributed by atoms with Gasteiger partial charge >= 0.3 is 5.97 Å². The molecule has 0 unspecified atom stereocenters. The van der Waals surface area contributed by atoms with Crippen molar-refractivity contribution in [3.05, 3.63) is 46.5 Å². The van der Waals surface area contributed by atoms with Gasteiger partial charge in [-0.15, -0.1) is 0 Å². The average molecular weight is 285 g/mol. The highest BCUT2D eigenvalue weighted by atomic mass is 16.4. The van der Waals surface area contributed by atoms with E-state index in [9.17, 15) is 9.59 Å². The molecule has 108 valence electrons. The molecule has 6 nitrogen and oxygen atoms in total. The van der Waals surface area contributed by atoms with Crippen LogP contribution < -0.4 is 5.56 Å². The Bertz CT molecular complexity index is 892. The highest BCUT2D eigenvalue weighted by Gasteiger charge is 2.16. The fraction of sp³-hybridized carbons (Fsp3) is 0.267. The smallest absolute Gasteiger partial charge is 0.356 e. The van der Waals surface area contributed by atoms with E-state index in [2.05, 4.69) is 11.9 Å². The van der Waals surface area contributed by atoms with Crippen molar-refractivity contribution in [2.45, 2.75) is 26.3 Å². The predicted molar refractivity (Wildman–Crippen MR) is 78.8 cm³/mol. The van der Waals surface area contributed by atoms with Crippen LogP contribution in [-0.2, 0) is 6.54 Å². The Kier molecular flexibility index (Phi) is 3.21. The quantitative estimate of drug-likeness (QED) is 0.796. The molecule has 0 radical (unpaired) electrons. The summed E-state index contributed by atoms with van der Waals surface area (Å²) in [7, 11) is 0. The van der Waals surface area contributed by atoms with Gasteiger partial charge in [0.05, 0.1) is 11.0 Å². The minimum atomic E-state index is -1.14. The van der Waals surface area contributed by atoms with E-state index in [1.165, 1.54) is 6.20 Å². The second-order valence-electron chi connectivity index (χ2n) is 4.92. The van der Waals surface area contributed by atoms with Crippen molar-refractivity contribution in [1.29, 1.82) is 0 Å². The van der Waals surface area contributed by atoms with Crippen LogP contribution in [0.1, 0.15) is 30.3 Å². The lowest BCUT2D eigenvalue weighted by atomic mass is 10.2. The first-order valence-corrected chi connectivity index (χ1v) is 6.87. The first kappa shape index (κ1) is 13.4. The molecule has 2 heterocycles. The number of unbranched alkanes of at least 4 members (excludes halogenated alkanes) is 1. The summed E-state index contributed by atoms with van der Waals surface area (Å²) in [6.45, 7) is 2.66. The Morgan fingerprint density at radius 3 is 2.67 bits per heavy atom. The van der Waals surface area contributed by atoms with E-state index < -0.39 is 5.97 Å². The van der Waals surface area contributed by atoms with Crippen LogP contribution in [0.5, 0.6) is 0 Å². The normalized spacial score (nSPS) is 11.3. The number of aryl methyl sites for hydroxylation is 1. The molecule has 1 aromatic carbocycles. The van der Waals surface area contributed by atoms with Gasteiger partial charge in [-0.2, -0.15) is 0 Å². The van der Waals surface area contributed by atoms with Crippen LogP contribution >= 0.6 is 0 Å². The summed E-state index contributed by atoms with van der Waals surface area (Å²) in [5.74, 6) is -1.14. The van der Waals surface area contributed by atoms with Gasteiger partial charge in [0, 0.05) is 12.7 Å². The number of hydrogen-bond acceptors (Lipinski definition) is 3. The maximum absolute atomic E-state index is 12.6. The summed E-state index contributed by atoms with van der Waals surface area (Å²) >= 11 is 0. The number of fused-ring (bicyclic) bond motifs is 3. The zero-order valence-electron chi connectivity index (χ0n) is 11.6. The van der Waals surface area contributed by atoms with Gasteiger partial charge in [-0.05, 0) is 18.6 Å². The van der Waals surface area contributed by atoms with Gasteiger partial charge in [0.25, 0.3) is 5.56 Å². The molecule has 0 fully saturated rings. The molecular weight excluding hydrogens is 270 g/mol. The number of para-hydroxylation sites is 2. The molecular formula is C15H15N3O3. The molecule has 0 saturated carbocycles. The number of rotatable bonds is 4. The zero-order chi connectivity index (χ0) is 15.0. The first-order chi connectivity index (χ1) is 10.1. The third-order valence-electron chi connectivity index (χ3n) is 3.53. The van der Waals surface area contributed by atoms with Crippen molar-refractivity contribution in [2.75, 3.05) is 0 Å². The van der Waals surface area contributed by atoms with E-state index in [1.54, 1.807) is 8.97 Å². The van der Waals surface area contributed by atoms with Gasteiger partial charge in [0.2, 0.25) is 5.65 Å². The molecule has 0 aliphatic heterocycles. The number of carbonyl (C=O) groups is 1. The maximum atomic E-state index is 12.6. The van der Waals surface area contributed by atoms with Crippen LogP contribution in [0.15, 0.2) is 35.3 Å². The number of carboxylic acids is 1. The molecule has 0 amide bonds. The summed E-state index contributed by atoms with van der Waals surface area (Å²) < 4.78 is 3.23. The SMILES string of the molecule is CCCCn1c(=O)c2nc(C(=O)O)cn2c2ccccc21. The zero-order valence-corrected chi connectivity index (χ0v) is 11.6. The van der Waals surface area contributed by atoms with Crippen LogP contribution in [0.3, 0.4) is 0 Å². The van der Waals surface area contributed by atoms with E-state index in [1.807, 2.05) is 24.3 Å². The molecule has 0 atom stereocenters. The van der Waals surface area contributed by atoms with Crippen LogP contribution in [0, 0.1) is 0 Å². The van der Waals surface area contributed by atoms with Gasteiger partial charge in [-0.1, -0.05) is 25.5 Å². The Hall–Kier alpha value is -2.63. The minimum Gasteiger partial charge on any atom is -0.476 e. The van der Waals surface area contributed by atoms with Crippen LogP contribution in [-0.4, -0.2) is 25.0 Å². The number of aromatic nitrogens is 3. The monoisotopic (exact) mass is 285 g/mol. The van der Waals surface area contributed by atoms with Crippen molar-refractivity contribution >= 4 is 22.6 Å². The molecule has 0 saturated heterocycles. The number of imidazole rings is 1. The first-order valence-electron chi connectivity index (χ1n) is 6.87. The molecule has 0 aliphatic carbocycles. The highest BCUT2D eigenvalue weighted by Crippen LogP contribution is 2.15. The number of benzene rings is 1. The van der Waals surface area contributed by atoms with Gasteiger partial charge in [0.15, 0.2) is 5.69 Å². The molecule has 3 aromatic rings. The lowest BCUT2D eigenvalue weighted by Gasteiger charge is -2.11. The molecule has 0 spiro atoms. The third-order valence-corrected chi connectivity index (χ3v) is 3.53. The number of aromatic carboxylic acids is 1. The van der Waals surface area contributed by atoms with Crippen molar-refractivity contribution in [3.8, 4) is 0 Å². The summed E-state index contributed by atoms with van der Waals surface area (Å²) in [4.78, 5) is 27.6. The lowest BCUT2D eigenvalue weighted by molar-refractivity contribution is 0.0691. The van der Waals surface area contributed by atoms with Crippen LogP contribution in [0.25, 0.3) is 16.7 Å².